The summed E-state index contributed by atoms with van der Waals surface area (Å²) in [5.74, 6) is -0.952. The lowest BCUT2D eigenvalue weighted by atomic mass is 10.1. The van der Waals surface area contributed by atoms with Gasteiger partial charge >= 0.3 is 6.18 Å². The molecule has 2 amide bonds. The third-order valence-electron chi connectivity index (χ3n) is 7.43. The first kappa shape index (κ1) is 34.4. The summed E-state index contributed by atoms with van der Waals surface area (Å²) in [7, 11) is -3.62. The van der Waals surface area contributed by atoms with Crippen LogP contribution in [0.5, 0.6) is 0 Å². The molecular weight excluding hydrogens is 677 g/mol. The number of alkyl halides is 3. The molecule has 0 unspecified atom stereocenters. The molecule has 1 fully saturated rings. The zero-order valence-electron chi connectivity index (χ0n) is 25.3. The number of nitrogens with zero attached hydrogens (tertiary/aromatic N) is 4. The van der Waals surface area contributed by atoms with Gasteiger partial charge in [0.15, 0.2) is 11.0 Å². The third kappa shape index (κ3) is 7.97. The number of halogens is 4. The Balaban J connectivity index is 1.32. The molecule has 3 aromatic carbocycles. The number of amides is 2. The van der Waals surface area contributed by atoms with E-state index in [1.807, 2.05) is 32.0 Å². The summed E-state index contributed by atoms with van der Waals surface area (Å²) in [6.07, 6.45) is -2.98. The molecule has 1 aliphatic rings. The molecule has 1 aromatic heterocycles. The van der Waals surface area contributed by atoms with Crippen molar-refractivity contribution in [1.29, 1.82) is 0 Å². The molecule has 0 spiro atoms. The molecule has 1 saturated heterocycles. The molecule has 248 valence electrons. The van der Waals surface area contributed by atoms with E-state index in [0.29, 0.717) is 29.8 Å². The monoisotopic (exact) mass is 706 g/mol. The first-order chi connectivity index (χ1) is 22.2. The Labute approximate surface area is 278 Å². The molecule has 16 heteroatoms. The number of hydrogen-bond donors (Lipinski definition) is 2. The van der Waals surface area contributed by atoms with E-state index in [-0.39, 0.29) is 33.5 Å². The first-order valence-electron chi connectivity index (χ1n) is 14.4. The van der Waals surface area contributed by atoms with E-state index in [0.717, 1.165) is 53.9 Å². The number of sulfonamides is 1. The molecule has 2 N–H and O–H groups in total. The molecular formula is C31H30ClF3N6O4S2. The molecule has 0 atom stereocenters. The van der Waals surface area contributed by atoms with Crippen molar-refractivity contribution in [3.8, 4) is 5.69 Å². The Morgan fingerprint density at radius 2 is 1.68 bits per heavy atom. The minimum atomic E-state index is -4.61. The number of nitrogens with one attached hydrogen (secondary N) is 2. The Kier molecular flexibility index (Phi) is 10.3. The van der Waals surface area contributed by atoms with Crippen molar-refractivity contribution in [3.05, 3.63) is 93.8 Å². The zero-order chi connectivity index (χ0) is 33.9. The predicted octanol–water partition coefficient (Wildman–Crippen LogP) is 6.00. The van der Waals surface area contributed by atoms with E-state index in [2.05, 4.69) is 20.8 Å². The molecule has 10 nitrogen and oxygen atoms in total. The van der Waals surface area contributed by atoms with E-state index >= 15 is 0 Å². The van der Waals surface area contributed by atoms with Gasteiger partial charge in [0.2, 0.25) is 15.9 Å². The summed E-state index contributed by atoms with van der Waals surface area (Å²) in [4.78, 5) is 25.9. The maximum absolute atomic E-state index is 13.2. The average Bonchev–Trinajstić information content (AvgIpc) is 3.72. The number of hydrogen-bond acceptors (Lipinski definition) is 7. The summed E-state index contributed by atoms with van der Waals surface area (Å²) in [5.41, 5.74) is 1.63. The Morgan fingerprint density at radius 3 is 2.36 bits per heavy atom. The van der Waals surface area contributed by atoms with E-state index < -0.39 is 33.6 Å². The van der Waals surface area contributed by atoms with Crippen molar-refractivity contribution in [2.45, 2.75) is 49.5 Å². The van der Waals surface area contributed by atoms with Gasteiger partial charge in [-0.2, -0.15) is 17.5 Å². The Hall–Kier alpha value is -3.92. The van der Waals surface area contributed by atoms with Gasteiger partial charge in [0.1, 0.15) is 0 Å². The number of thioether (sulfide) groups is 1. The van der Waals surface area contributed by atoms with E-state index in [9.17, 15) is 31.2 Å². The van der Waals surface area contributed by atoms with Crippen molar-refractivity contribution < 1.29 is 31.2 Å². The van der Waals surface area contributed by atoms with Gasteiger partial charge in [-0.1, -0.05) is 35.5 Å². The largest absolute Gasteiger partial charge is 0.416 e. The Bertz CT molecular complexity index is 1910. The van der Waals surface area contributed by atoms with E-state index in [4.69, 9.17) is 11.6 Å². The summed E-state index contributed by atoms with van der Waals surface area (Å²) in [6.45, 7) is 4.67. The maximum Gasteiger partial charge on any atom is 0.416 e. The van der Waals surface area contributed by atoms with Gasteiger partial charge in [0.25, 0.3) is 5.91 Å². The molecule has 4 aromatic rings. The minimum Gasteiger partial charge on any atom is -0.345 e. The molecule has 2 heterocycles. The Morgan fingerprint density at radius 1 is 0.979 bits per heavy atom. The van der Waals surface area contributed by atoms with Gasteiger partial charge in [0, 0.05) is 18.7 Å². The lowest BCUT2D eigenvalue weighted by Crippen LogP contribution is -2.28. The quantitative estimate of drug-likeness (QED) is 0.194. The van der Waals surface area contributed by atoms with Crippen LogP contribution in [-0.4, -0.2) is 58.1 Å². The van der Waals surface area contributed by atoms with Crippen LogP contribution < -0.4 is 10.6 Å². The number of carbonyl (C=O) groups is 2. The lowest BCUT2D eigenvalue weighted by molar-refractivity contribution is -0.137. The average molecular weight is 707 g/mol. The van der Waals surface area contributed by atoms with Gasteiger partial charge < -0.3 is 10.6 Å². The predicted molar refractivity (Wildman–Crippen MR) is 172 cm³/mol. The molecule has 0 aliphatic carbocycles. The standard InChI is InChI=1S/C31H30ClF3N6O4S2/c1-19-5-6-20(2)26(15-19)41-27(17-36-29(43)21-7-10-23(11-8-21)47(44,45)40-13-3-4-14-40)38-39-30(41)46-18-28(42)37-25-16-22(31(33,34)35)9-12-24(25)32/h5-12,15-16H,3-4,13-14,17-18H2,1-2H3,(H,36,43)(H,37,42). The van der Waals surface area contributed by atoms with Crippen molar-refractivity contribution in [2.75, 3.05) is 24.2 Å². The van der Waals surface area contributed by atoms with Crippen LogP contribution in [0.15, 0.2) is 70.7 Å². The van der Waals surface area contributed by atoms with E-state index in [1.165, 1.54) is 28.6 Å². The third-order valence-corrected chi connectivity index (χ3v) is 10.6. The van der Waals surface area contributed by atoms with Crippen LogP contribution in [0, 0.1) is 13.8 Å². The van der Waals surface area contributed by atoms with E-state index in [1.54, 1.807) is 4.57 Å². The number of carbonyl (C=O) groups excluding carboxylic acids is 2. The van der Waals surface area contributed by atoms with Gasteiger partial charge in [-0.15, -0.1) is 10.2 Å². The first-order valence-corrected chi connectivity index (χ1v) is 17.2. The lowest BCUT2D eigenvalue weighted by Gasteiger charge is -2.16. The van der Waals surface area contributed by atoms with Gasteiger partial charge in [0.05, 0.1) is 39.2 Å². The fourth-order valence-corrected chi connectivity index (χ4v) is 7.39. The number of rotatable bonds is 10. The van der Waals surface area contributed by atoms with Crippen LogP contribution in [0.2, 0.25) is 5.02 Å². The zero-order valence-corrected chi connectivity index (χ0v) is 27.7. The second kappa shape index (κ2) is 14.1. The van der Waals surface area contributed by atoms with Crippen molar-refractivity contribution in [2.24, 2.45) is 0 Å². The summed E-state index contributed by atoms with van der Waals surface area (Å²) < 4.78 is 68.3. The second-order valence-electron chi connectivity index (χ2n) is 10.9. The van der Waals surface area contributed by atoms with Crippen LogP contribution in [0.3, 0.4) is 0 Å². The molecule has 0 bridgehead atoms. The highest BCUT2D eigenvalue weighted by molar-refractivity contribution is 7.99. The topological polar surface area (TPSA) is 126 Å². The van der Waals surface area contributed by atoms with Crippen LogP contribution in [-0.2, 0) is 27.5 Å². The molecule has 0 radical (unpaired) electrons. The van der Waals surface area contributed by atoms with Crippen molar-refractivity contribution in [3.63, 3.8) is 0 Å². The number of benzene rings is 3. The highest BCUT2D eigenvalue weighted by atomic mass is 35.5. The second-order valence-corrected chi connectivity index (χ2v) is 14.2. The number of aromatic nitrogens is 3. The molecule has 5 rings (SSSR count). The fraction of sp³-hybridized carbons (Fsp3) is 0.290. The highest BCUT2D eigenvalue weighted by Crippen LogP contribution is 2.34. The fourth-order valence-electron chi connectivity index (χ4n) is 4.94. The molecule has 47 heavy (non-hydrogen) atoms. The van der Waals surface area contributed by atoms with Crippen LogP contribution >= 0.6 is 23.4 Å². The molecule has 0 saturated carbocycles. The molecule has 1 aliphatic heterocycles. The van der Waals surface area contributed by atoms with Crippen LogP contribution in [0.25, 0.3) is 5.69 Å². The van der Waals surface area contributed by atoms with Crippen LogP contribution in [0.1, 0.15) is 45.7 Å². The maximum atomic E-state index is 13.2. The minimum absolute atomic E-state index is 0.0456. The van der Waals surface area contributed by atoms with Crippen molar-refractivity contribution >= 4 is 50.9 Å². The normalized spacial score (nSPS) is 13.9. The SMILES string of the molecule is Cc1ccc(C)c(-n2c(CNC(=O)c3ccc(S(=O)(=O)N4CCCC4)cc3)nnc2SCC(=O)Nc2cc(C(F)(F)F)ccc2Cl)c1. The summed E-state index contributed by atoms with van der Waals surface area (Å²) in [6, 6.07) is 14.1. The van der Waals surface area contributed by atoms with Crippen molar-refractivity contribution in [1.82, 2.24) is 24.4 Å². The van der Waals surface area contributed by atoms with Gasteiger partial charge in [-0.25, -0.2) is 8.42 Å². The van der Waals surface area contributed by atoms with Crippen LogP contribution in [0.4, 0.5) is 18.9 Å². The number of anilines is 1. The number of aryl methyl sites for hydroxylation is 2. The van der Waals surface area contributed by atoms with Gasteiger partial charge in [-0.3, -0.25) is 14.2 Å². The smallest absolute Gasteiger partial charge is 0.345 e. The van der Waals surface area contributed by atoms with Gasteiger partial charge in [-0.05, 0) is 86.3 Å². The highest BCUT2D eigenvalue weighted by Gasteiger charge is 2.31. The summed E-state index contributed by atoms with van der Waals surface area (Å²) in [5, 5.41) is 14.0. The summed E-state index contributed by atoms with van der Waals surface area (Å²) >= 11 is 7.03.